The van der Waals surface area contributed by atoms with Gasteiger partial charge >= 0.3 is 12.4 Å². The number of hydrogen-bond acceptors (Lipinski definition) is 2. The molecular weight excluding hydrogens is 326 g/mol. The van der Waals surface area contributed by atoms with E-state index in [1.54, 1.807) is 5.10 Å². The van der Waals surface area contributed by atoms with E-state index in [1.165, 1.54) is 13.0 Å². The quantitative estimate of drug-likeness (QED) is 0.652. The minimum atomic E-state index is -4.63. The van der Waals surface area contributed by atoms with Gasteiger partial charge in [-0.2, -0.15) is 31.4 Å². The van der Waals surface area contributed by atoms with Gasteiger partial charge in [0.25, 0.3) is 0 Å². The van der Waals surface area contributed by atoms with Crippen LogP contribution in [0.3, 0.4) is 0 Å². The third-order valence-corrected chi connectivity index (χ3v) is 3.16. The lowest BCUT2D eigenvalue weighted by Gasteiger charge is -2.07. The molecule has 0 atom stereocenters. The predicted molar refractivity (Wildman–Crippen MR) is 68.4 cm³/mol. The number of aromatic amines is 2. The minimum Gasteiger partial charge on any atom is -0.337 e. The Balaban J connectivity index is 2.16. The fraction of sp³-hybridized carbons (Fsp3) is 0.231. The Bertz CT molecular complexity index is 871. The van der Waals surface area contributed by atoms with Gasteiger partial charge in [-0.15, -0.1) is 0 Å². The van der Waals surface area contributed by atoms with Crippen molar-refractivity contribution >= 4 is 11.0 Å². The predicted octanol–water partition coefficient (Wildman–Crippen LogP) is 4.30. The molecule has 0 aliphatic carbocycles. The van der Waals surface area contributed by atoms with Crippen molar-refractivity contribution in [2.45, 2.75) is 19.3 Å². The fourth-order valence-electron chi connectivity index (χ4n) is 2.19. The van der Waals surface area contributed by atoms with Crippen LogP contribution < -0.4 is 0 Å². The SMILES string of the molecule is Cc1cc(C(F)(F)F)c2nc(-c3cc(C(F)(F)F)[nH]n3)[nH]c2c1. The summed E-state index contributed by atoms with van der Waals surface area (Å²) in [5.41, 5.74) is -2.24. The smallest absolute Gasteiger partial charge is 0.337 e. The first kappa shape index (κ1) is 15.4. The highest BCUT2D eigenvalue weighted by Gasteiger charge is 2.35. The van der Waals surface area contributed by atoms with Gasteiger partial charge in [0.05, 0.1) is 11.1 Å². The van der Waals surface area contributed by atoms with Crippen LogP contribution in [0, 0.1) is 6.92 Å². The molecule has 0 saturated heterocycles. The first-order valence-electron chi connectivity index (χ1n) is 6.26. The average Bonchev–Trinajstić information content (AvgIpc) is 3.01. The largest absolute Gasteiger partial charge is 0.432 e. The number of aryl methyl sites for hydroxylation is 1. The van der Waals surface area contributed by atoms with Crippen molar-refractivity contribution in [3.05, 3.63) is 35.0 Å². The number of fused-ring (bicyclic) bond motifs is 1. The van der Waals surface area contributed by atoms with Gasteiger partial charge < -0.3 is 4.98 Å². The van der Waals surface area contributed by atoms with Crippen molar-refractivity contribution in [3.63, 3.8) is 0 Å². The summed E-state index contributed by atoms with van der Waals surface area (Å²) in [6.07, 6.45) is -9.26. The van der Waals surface area contributed by atoms with Gasteiger partial charge in [0.15, 0.2) is 5.82 Å². The van der Waals surface area contributed by atoms with Crippen LogP contribution in [0.1, 0.15) is 16.8 Å². The highest BCUT2D eigenvalue weighted by atomic mass is 19.4. The molecule has 0 spiro atoms. The van der Waals surface area contributed by atoms with E-state index >= 15 is 0 Å². The molecular formula is C13H8F6N4. The van der Waals surface area contributed by atoms with Crippen molar-refractivity contribution in [1.29, 1.82) is 0 Å². The number of nitrogens with zero attached hydrogens (tertiary/aromatic N) is 2. The molecule has 2 heterocycles. The van der Waals surface area contributed by atoms with E-state index in [9.17, 15) is 26.3 Å². The van der Waals surface area contributed by atoms with Gasteiger partial charge in [-0.3, -0.25) is 5.10 Å². The number of nitrogens with one attached hydrogen (secondary N) is 2. The van der Waals surface area contributed by atoms with E-state index in [1.807, 2.05) is 0 Å². The second-order valence-corrected chi connectivity index (χ2v) is 4.96. The summed E-state index contributed by atoms with van der Waals surface area (Å²) in [6.45, 7) is 1.48. The Morgan fingerprint density at radius 2 is 1.65 bits per heavy atom. The zero-order valence-corrected chi connectivity index (χ0v) is 11.4. The highest BCUT2D eigenvalue weighted by Crippen LogP contribution is 2.36. The summed E-state index contributed by atoms with van der Waals surface area (Å²) in [6, 6.07) is 3.04. The fourth-order valence-corrected chi connectivity index (χ4v) is 2.19. The van der Waals surface area contributed by atoms with Crippen molar-refractivity contribution in [1.82, 2.24) is 20.2 Å². The average molecular weight is 334 g/mol. The van der Waals surface area contributed by atoms with E-state index in [0.717, 1.165) is 6.07 Å². The Morgan fingerprint density at radius 1 is 0.957 bits per heavy atom. The monoisotopic (exact) mass is 334 g/mol. The third kappa shape index (κ3) is 2.76. The molecule has 2 aromatic heterocycles. The Labute approximate surface area is 124 Å². The first-order chi connectivity index (χ1) is 10.6. The summed E-state index contributed by atoms with van der Waals surface area (Å²) in [7, 11) is 0. The maximum absolute atomic E-state index is 13.0. The van der Waals surface area contributed by atoms with Crippen LogP contribution in [0.5, 0.6) is 0 Å². The summed E-state index contributed by atoms with van der Waals surface area (Å²) >= 11 is 0. The molecule has 0 unspecified atom stereocenters. The normalized spacial score (nSPS) is 13.0. The van der Waals surface area contributed by atoms with Crippen molar-refractivity contribution in [2.24, 2.45) is 0 Å². The van der Waals surface area contributed by atoms with E-state index in [4.69, 9.17) is 0 Å². The topological polar surface area (TPSA) is 57.4 Å². The minimum absolute atomic E-state index is 0.0730. The molecule has 0 amide bonds. The molecule has 0 fully saturated rings. The second-order valence-electron chi connectivity index (χ2n) is 4.96. The van der Waals surface area contributed by atoms with E-state index in [0.29, 0.717) is 11.6 Å². The zero-order valence-electron chi connectivity index (χ0n) is 11.4. The van der Waals surface area contributed by atoms with Gasteiger partial charge in [0.2, 0.25) is 0 Å². The lowest BCUT2D eigenvalue weighted by Crippen LogP contribution is -2.06. The zero-order chi connectivity index (χ0) is 17.0. The van der Waals surface area contributed by atoms with E-state index in [2.05, 4.69) is 15.1 Å². The summed E-state index contributed by atoms with van der Waals surface area (Å²) in [5.74, 6) is -0.178. The molecule has 0 aliphatic heterocycles. The molecule has 3 aromatic rings. The molecule has 0 bridgehead atoms. The summed E-state index contributed by atoms with van der Waals surface area (Å²) in [4.78, 5) is 6.33. The number of benzene rings is 1. The molecule has 122 valence electrons. The van der Waals surface area contributed by atoms with Gasteiger partial charge in [0.1, 0.15) is 16.9 Å². The second kappa shape index (κ2) is 4.74. The molecule has 10 heteroatoms. The molecule has 2 N–H and O–H groups in total. The molecule has 0 radical (unpaired) electrons. The van der Waals surface area contributed by atoms with Gasteiger partial charge in [0, 0.05) is 0 Å². The molecule has 4 nitrogen and oxygen atoms in total. The molecule has 1 aromatic carbocycles. The molecule has 3 rings (SSSR count). The lowest BCUT2D eigenvalue weighted by molar-refractivity contribution is -0.141. The number of alkyl halides is 6. The standard InChI is InChI=1S/C13H8F6N4/c1-5-2-6(12(14,15)16)10-7(3-5)20-11(21-10)8-4-9(23-22-8)13(17,18)19/h2-4H,1H3,(H,20,21)(H,22,23). The van der Waals surface area contributed by atoms with Crippen molar-refractivity contribution in [3.8, 4) is 11.5 Å². The van der Waals surface area contributed by atoms with Crippen LogP contribution in [0.4, 0.5) is 26.3 Å². The number of halogens is 6. The van der Waals surface area contributed by atoms with Gasteiger partial charge in [-0.05, 0) is 30.7 Å². The van der Waals surface area contributed by atoms with Crippen LogP contribution in [0.25, 0.3) is 22.6 Å². The van der Waals surface area contributed by atoms with Crippen LogP contribution in [0.15, 0.2) is 18.2 Å². The number of rotatable bonds is 1. The van der Waals surface area contributed by atoms with Crippen molar-refractivity contribution < 1.29 is 26.3 Å². The number of aromatic nitrogens is 4. The maximum atomic E-state index is 13.0. The van der Waals surface area contributed by atoms with Gasteiger partial charge in [-0.25, -0.2) is 4.98 Å². The number of hydrogen-bond donors (Lipinski definition) is 2. The number of H-pyrrole nitrogens is 2. The lowest BCUT2D eigenvalue weighted by atomic mass is 10.1. The van der Waals surface area contributed by atoms with Crippen LogP contribution in [-0.4, -0.2) is 20.2 Å². The first-order valence-corrected chi connectivity index (χ1v) is 6.26. The Morgan fingerprint density at radius 3 is 2.22 bits per heavy atom. The number of imidazole rings is 1. The highest BCUT2D eigenvalue weighted by molar-refractivity contribution is 5.83. The van der Waals surface area contributed by atoms with Gasteiger partial charge in [-0.1, -0.05) is 0 Å². The summed E-state index contributed by atoms with van der Waals surface area (Å²) < 4.78 is 76.8. The maximum Gasteiger partial charge on any atom is 0.432 e. The Kier molecular flexibility index (Phi) is 3.17. The Hall–Kier alpha value is -2.52. The van der Waals surface area contributed by atoms with Crippen molar-refractivity contribution in [2.75, 3.05) is 0 Å². The van der Waals surface area contributed by atoms with Crippen LogP contribution in [-0.2, 0) is 12.4 Å². The molecule has 23 heavy (non-hydrogen) atoms. The molecule has 0 saturated carbocycles. The van der Waals surface area contributed by atoms with E-state index < -0.39 is 23.6 Å². The van der Waals surface area contributed by atoms with Crippen LogP contribution >= 0.6 is 0 Å². The van der Waals surface area contributed by atoms with Crippen LogP contribution in [0.2, 0.25) is 0 Å². The van der Waals surface area contributed by atoms with E-state index in [-0.39, 0.29) is 22.6 Å². The summed E-state index contributed by atoms with van der Waals surface area (Å²) in [5, 5.41) is 5.23. The molecule has 0 aliphatic rings. The third-order valence-electron chi connectivity index (χ3n) is 3.16.